The molecule has 1 unspecified atom stereocenters. The van der Waals surface area contributed by atoms with Gasteiger partial charge in [0.25, 0.3) is 11.8 Å². The maximum Gasteiger partial charge on any atom is 0.272 e. The van der Waals surface area contributed by atoms with E-state index in [0.717, 1.165) is 11.1 Å². The van der Waals surface area contributed by atoms with Crippen LogP contribution in [0.3, 0.4) is 0 Å². The van der Waals surface area contributed by atoms with Crippen LogP contribution in [0.5, 0.6) is 0 Å². The van der Waals surface area contributed by atoms with Crippen LogP contribution < -0.4 is 42.5 Å². The zero-order valence-corrected chi connectivity index (χ0v) is 44.3. The quantitative estimate of drug-likeness (QED) is 0.0843. The van der Waals surface area contributed by atoms with Crippen molar-refractivity contribution < 1.29 is 38.4 Å². The molecule has 0 spiro atoms. The topological polar surface area (TPSA) is 268 Å². The van der Waals surface area contributed by atoms with E-state index in [-0.39, 0.29) is 43.2 Å². The van der Waals surface area contributed by atoms with Gasteiger partial charge in [0.05, 0.1) is 24.2 Å². The number of benzene rings is 2. The van der Waals surface area contributed by atoms with Gasteiger partial charge in [0.1, 0.15) is 29.9 Å². The second-order valence-corrected chi connectivity index (χ2v) is 21.0. The van der Waals surface area contributed by atoms with Crippen molar-refractivity contribution in [1.29, 1.82) is 0 Å². The zero-order valence-electron chi connectivity index (χ0n) is 42.7. The highest BCUT2D eigenvalue weighted by atomic mass is 35.5. The molecular formula is C50H70Cl2N12O8. The minimum Gasteiger partial charge on any atom is -0.348 e. The zero-order chi connectivity index (χ0) is 53.4. The van der Waals surface area contributed by atoms with Crippen LogP contribution in [0.25, 0.3) is 0 Å². The number of amides is 8. The molecule has 0 aliphatic carbocycles. The number of H-pyrrole nitrogens is 1. The first kappa shape index (κ1) is 56.8. The third-order valence-electron chi connectivity index (χ3n) is 13.2. The summed E-state index contributed by atoms with van der Waals surface area (Å²) < 4.78 is 0. The molecular weight excluding hydrogens is 968 g/mol. The van der Waals surface area contributed by atoms with Crippen molar-refractivity contribution in [2.24, 2.45) is 11.3 Å². The highest BCUT2D eigenvalue weighted by Crippen LogP contribution is 2.28. The van der Waals surface area contributed by atoms with Crippen LogP contribution in [-0.2, 0) is 28.8 Å². The average molecular weight is 1040 g/mol. The average Bonchev–Trinajstić information content (AvgIpc) is 4.11. The van der Waals surface area contributed by atoms with Crippen molar-refractivity contribution in [3.05, 3.63) is 87.2 Å². The summed E-state index contributed by atoms with van der Waals surface area (Å²) in [6, 6.07) is 7.46. The number of nitrogens with zero attached hydrogens (tertiary/aromatic N) is 3. The number of nitrogens with one attached hydrogen (secondary N) is 9. The fourth-order valence-electron chi connectivity index (χ4n) is 8.55. The maximum absolute atomic E-state index is 14.5. The lowest BCUT2D eigenvalue weighted by Gasteiger charge is -2.36. The second-order valence-electron chi connectivity index (χ2n) is 20.1. The van der Waals surface area contributed by atoms with Crippen molar-refractivity contribution in [2.75, 3.05) is 27.2 Å². The van der Waals surface area contributed by atoms with Crippen molar-refractivity contribution >= 4 is 70.5 Å². The van der Waals surface area contributed by atoms with E-state index in [2.05, 4.69) is 52.7 Å². The number of likely N-dealkylation sites (tertiary alicyclic amines) is 2. The Kier molecular flexibility index (Phi) is 19.4. The van der Waals surface area contributed by atoms with E-state index in [9.17, 15) is 38.4 Å². The first-order chi connectivity index (χ1) is 33.8. The number of aromatic nitrogens is 2. The lowest BCUT2D eigenvalue weighted by Crippen LogP contribution is -2.59. The Morgan fingerprint density at radius 2 is 1.06 bits per heavy atom. The Morgan fingerprint density at radius 1 is 0.625 bits per heavy atom. The maximum atomic E-state index is 14.5. The van der Waals surface area contributed by atoms with E-state index in [1.807, 2.05) is 0 Å². The molecule has 22 heteroatoms. The summed E-state index contributed by atoms with van der Waals surface area (Å²) in [5.74, 6) is -4.47. The summed E-state index contributed by atoms with van der Waals surface area (Å²) in [5.41, 5.74) is 0.524. The summed E-state index contributed by atoms with van der Waals surface area (Å²) >= 11 is 12.2. The largest absolute Gasteiger partial charge is 0.348 e. The van der Waals surface area contributed by atoms with E-state index < -0.39 is 113 Å². The van der Waals surface area contributed by atoms with Gasteiger partial charge in [0.15, 0.2) is 5.69 Å². The van der Waals surface area contributed by atoms with Gasteiger partial charge in [-0.25, -0.2) is 0 Å². The molecule has 9 N–H and O–H groups in total. The predicted octanol–water partition coefficient (Wildman–Crippen LogP) is 2.76. The van der Waals surface area contributed by atoms with Gasteiger partial charge in [-0.15, -0.1) is 0 Å². The van der Waals surface area contributed by atoms with Gasteiger partial charge in [-0.1, -0.05) is 82.1 Å². The van der Waals surface area contributed by atoms with E-state index in [4.69, 9.17) is 23.2 Å². The standard InChI is InChI=1S/C50H70Cl2N12O8/c1-25(2)40(59-42(65)28(5)53-10)48(71)63-23-34(20-38(63)46(69)55-26(3)30-12-16-32(51)17-13-30)57-44(67)36-22-37(62-61-36)45(68)58-35-21-39(47(70)56-27(4)31-14-18-33(52)19-15-31)64(24-35)49(72)41(50(7,8)9)60-43(66)29(6)54-11/h12-19,22,25-29,34-35,38-41,53-54H,20-21,23-24H2,1-11H3,(H,55,69)(H,56,70)(H,57,67)(H,58,68)(H,59,65)(H,60,66)(H,61,62)/t26-,27-,28-,29-,34+,35+,38?,39+,40-,41+/m1/s1. The molecule has 5 rings (SSSR count). The molecule has 2 aliphatic heterocycles. The minimum absolute atomic E-state index is 0.0237. The molecule has 1 aromatic heterocycles. The van der Waals surface area contributed by atoms with Crippen LogP contribution in [0.2, 0.25) is 10.0 Å². The number of rotatable bonds is 19. The van der Waals surface area contributed by atoms with Crippen LogP contribution in [0.4, 0.5) is 0 Å². The number of carbonyl (C=O) groups excluding carboxylic acids is 8. The summed E-state index contributed by atoms with van der Waals surface area (Å²) in [5, 5.41) is 30.9. The molecule has 2 saturated heterocycles. The van der Waals surface area contributed by atoms with E-state index in [1.54, 1.807) is 125 Å². The first-order valence-corrected chi connectivity index (χ1v) is 24.9. The number of hydrogen-bond acceptors (Lipinski definition) is 11. The fraction of sp³-hybridized carbons (Fsp3) is 0.540. The molecule has 3 heterocycles. The number of halogens is 2. The molecule has 72 heavy (non-hydrogen) atoms. The highest BCUT2D eigenvalue weighted by Gasteiger charge is 2.47. The lowest BCUT2D eigenvalue weighted by molar-refractivity contribution is -0.144. The van der Waals surface area contributed by atoms with E-state index in [1.165, 1.54) is 15.9 Å². The molecule has 392 valence electrons. The molecule has 3 aromatic rings. The predicted molar refractivity (Wildman–Crippen MR) is 273 cm³/mol. The SMILES string of the molecule is CN[C@H](C)C(=O)N[C@@H](C(=O)N1C[C@@H](NC(=O)c2cc(C(=O)N[C@H]3C[C@@H](C(=O)N[C@H](C)c4ccc(Cl)cc4)N(C(=O)[C@H](NC(=O)[C@@H](C)NC)C(C)(C)C)C3)[nH]n2)CC1C(=O)N[C@H](C)c1ccc(Cl)cc1)C(C)C. The molecule has 2 aromatic carbocycles. The lowest BCUT2D eigenvalue weighted by atomic mass is 9.85. The van der Waals surface area contributed by atoms with Gasteiger partial charge in [-0.05, 0) is 101 Å². The normalized spacial score (nSPS) is 20.4. The minimum atomic E-state index is -1.04. The molecule has 0 saturated carbocycles. The van der Waals surface area contributed by atoms with Gasteiger partial charge in [-0.2, -0.15) is 5.10 Å². The first-order valence-electron chi connectivity index (χ1n) is 24.2. The Morgan fingerprint density at radius 3 is 1.49 bits per heavy atom. The number of hydrogen-bond donors (Lipinski definition) is 9. The van der Waals surface area contributed by atoms with Crippen LogP contribution in [0.15, 0.2) is 54.6 Å². The van der Waals surface area contributed by atoms with E-state index >= 15 is 0 Å². The summed E-state index contributed by atoms with van der Waals surface area (Å²) in [6.07, 6.45) is 0.0499. The Bertz CT molecular complexity index is 2450. The number of likely N-dealkylation sites (N-methyl/N-ethyl adjacent to an activating group) is 2. The van der Waals surface area contributed by atoms with Crippen LogP contribution in [-0.4, -0.2) is 143 Å². The smallest absolute Gasteiger partial charge is 0.272 e. The molecule has 2 aliphatic rings. The third kappa shape index (κ3) is 14.3. The van der Waals surface area contributed by atoms with Gasteiger partial charge >= 0.3 is 0 Å². The molecule has 20 nitrogen and oxygen atoms in total. The second kappa shape index (κ2) is 24.6. The third-order valence-corrected chi connectivity index (χ3v) is 13.7. The van der Waals surface area contributed by atoms with Crippen LogP contribution in [0, 0.1) is 11.3 Å². The molecule has 8 amide bonds. The summed E-state index contributed by atoms with van der Waals surface area (Å²) in [6.45, 7) is 15.7. The molecule has 0 bridgehead atoms. The van der Waals surface area contributed by atoms with Gasteiger partial charge in [0, 0.05) is 41.3 Å². The van der Waals surface area contributed by atoms with Crippen molar-refractivity contribution in [1.82, 2.24) is 62.5 Å². The van der Waals surface area contributed by atoms with Crippen LogP contribution in [0.1, 0.15) is 119 Å². The molecule has 2 fully saturated rings. The Hall–Kier alpha value is -6.09. The van der Waals surface area contributed by atoms with Gasteiger partial charge < -0.3 is 52.3 Å². The highest BCUT2D eigenvalue weighted by molar-refractivity contribution is 6.30. The van der Waals surface area contributed by atoms with Gasteiger partial charge in [-0.3, -0.25) is 43.5 Å². The van der Waals surface area contributed by atoms with Crippen LogP contribution >= 0.6 is 23.2 Å². The summed E-state index contributed by atoms with van der Waals surface area (Å²) in [7, 11) is 3.25. The van der Waals surface area contributed by atoms with Gasteiger partial charge in [0.2, 0.25) is 35.4 Å². The van der Waals surface area contributed by atoms with E-state index in [0.29, 0.717) is 10.0 Å². The number of carbonyl (C=O) groups is 8. The Labute approximate surface area is 431 Å². The van der Waals surface area contributed by atoms with Crippen molar-refractivity contribution in [3.63, 3.8) is 0 Å². The molecule has 10 atom stereocenters. The number of aromatic amines is 1. The molecule has 0 radical (unpaired) electrons. The monoisotopic (exact) mass is 1040 g/mol. The Balaban J connectivity index is 1.32. The fourth-order valence-corrected chi connectivity index (χ4v) is 8.80. The van der Waals surface area contributed by atoms with Crippen molar-refractivity contribution in [2.45, 2.75) is 136 Å². The summed E-state index contributed by atoms with van der Waals surface area (Å²) in [4.78, 5) is 113. The van der Waals surface area contributed by atoms with Crippen molar-refractivity contribution in [3.8, 4) is 0 Å².